The summed E-state index contributed by atoms with van der Waals surface area (Å²) in [6.07, 6.45) is 3.52. The van der Waals surface area contributed by atoms with E-state index in [2.05, 4.69) is 39.1 Å². The molecule has 2 fully saturated rings. The number of nitrogens with two attached hydrogens (primary N) is 1. The molecule has 2 N–H and O–H groups in total. The predicted molar refractivity (Wildman–Crippen MR) is 109 cm³/mol. The number of nitrogens with zero attached hydrogens (tertiary/aromatic N) is 4. The smallest absolute Gasteiger partial charge is 0.268 e. The summed E-state index contributed by atoms with van der Waals surface area (Å²) in [5.74, 6) is 0.0973. The average Bonchev–Trinajstić information content (AvgIpc) is 3.27. The van der Waals surface area contributed by atoms with Crippen LogP contribution in [0.5, 0.6) is 0 Å². The Labute approximate surface area is 170 Å². The molecule has 152 valence electrons. The number of fused-ring (bicyclic) bond motifs is 1. The van der Waals surface area contributed by atoms with Crippen molar-refractivity contribution in [2.45, 2.75) is 19.8 Å². The molecule has 0 saturated carbocycles. The molecule has 7 nitrogen and oxygen atoms in total. The number of aryl methyl sites for hydroxylation is 2. The standard InChI is InChI=1S/C22H27N5O2/c1-15-19(20(21(23)28)25-14-24-15)22(29)27-12-17-10-26(11-18(17)13-27)9-5-8-16-6-3-2-4-7-16/h2-4,6-7,14,17-18H,5,8-13H2,1H3,(H2,23,28)/t17-,18?/m0/s1. The molecule has 0 radical (unpaired) electrons. The fraction of sp³-hybridized carbons (Fsp3) is 0.455. The third-order valence-electron chi connectivity index (χ3n) is 6.12. The predicted octanol–water partition coefficient (Wildman–Crippen LogP) is 1.52. The van der Waals surface area contributed by atoms with Gasteiger partial charge in [0.25, 0.3) is 11.8 Å². The van der Waals surface area contributed by atoms with E-state index in [1.807, 2.05) is 11.0 Å². The number of rotatable bonds is 6. The third kappa shape index (κ3) is 4.15. The monoisotopic (exact) mass is 393 g/mol. The molecule has 2 aromatic rings. The molecular weight excluding hydrogens is 366 g/mol. The van der Waals surface area contributed by atoms with Crippen LogP contribution in [0.4, 0.5) is 0 Å². The Morgan fingerprint density at radius 3 is 2.41 bits per heavy atom. The molecule has 7 heteroatoms. The quantitative estimate of drug-likeness (QED) is 0.803. The van der Waals surface area contributed by atoms with Crippen LogP contribution in [0.15, 0.2) is 36.7 Å². The number of benzene rings is 1. The van der Waals surface area contributed by atoms with Crippen LogP contribution >= 0.6 is 0 Å². The summed E-state index contributed by atoms with van der Waals surface area (Å²) in [4.78, 5) is 37.1. The molecule has 2 aliphatic heterocycles. The highest BCUT2D eigenvalue weighted by atomic mass is 16.2. The summed E-state index contributed by atoms with van der Waals surface area (Å²) in [5, 5.41) is 0. The third-order valence-corrected chi connectivity index (χ3v) is 6.12. The van der Waals surface area contributed by atoms with Gasteiger partial charge in [0.2, 0.25) is 0 Å². The van der Waals surface area contributed by atoms with Crippen LogP contribution in [0.25, 0.3) is 0 Å². The zero-order valence-electron chi connectivity index (χ0n) is 16.8. The number of aromatic nitrogens is 2. The van der Waals surface area contributed by atoms with Gasteiger partial charge < -0.3 is 15.5 Å². The Kier molecular flexibility index (Phi) is 5.58. The Morgan fingerprint density at radius 1 is 1.07 bits per heavy atom. The van der Waals surface area contributed by atoms with Gasteiger partial charge in [-0.15, -0.1) is 0 Å². The maximum atomic E-state index is 13.1. The van der Waals surface area contributed by atoms with Crippen LogP contribution < -0.4 is 5.73 Å². The van der Waals surface area contributed by atoms with E-state index in [-0.39, 0.29) is 17.2 Å². The highest BCUT2D eigenvalue weighted by molar-refractivity contribution is 6.06. The number of carbonyl (C=O) groups excluding carboxylic acids is 2. The first kappa shape index (κ1) is 19.5. The van der Waals surface area contributed by atoms with Crippen molar-refractivity contribution >= 4 is 11.8 Å². The SMILES string of the molecule is Cc1ncnc(C(N)=O)c1C(=O)N1CC2CN(CCCc3ccccc3)C[C@H]2C1. The van der Waals surface area contributed by atoms with Gasteiger partial charge in [-0.05, 0) is 43.7 Å². The van der Waals surface area contributed by atoms with E-state index in [0.29, 0.717) is 30.6 Å². The topological polar surface area (TPSA) is 92.4 Å². The molecule has 0 bridgehead atoms. The molecule has 2 amide bonds. The van der Waals surface area contributed by atoms with Crippen molar-refractivity contribution in [3.8, 4) is 0 Å². The Balaban J connectivity index is 1.32. The van der Waals surface area contributed by atoms with Gasteiger partial charge in [0.15, 0.2) is 0 Å². The fourth-order valence-electron chi connectivity index (χ4n) is 4.66. The maximum absolute atomic E-state index is 13.1. The number of primary amides is 1. The minimum atomic E-state index is -0.692. The second-order valence-electron chi connectivity index (χ2n) is 8.13. The number of likely N-dealkylation sites (tertiary alicyclic amines) is 2. The normalized spacial score (nSPS) is 21.3. The Hall–Kier alpha value is -2.80. The summed E-state index contributed by atoms with van der Waals surface area (Å²) < 4.78 is 0. The van der Waals surface area contributed by atoms with Gasteiger partial charge in [-0.25, -0.2) is 9.97 Å². The van der Waals surface area contributed by atoms with Crippen molar-refractivity contribution in [3.63, 3.8) is 0 Å². The molecule has 1 unspecified atom stereocenters. The van der Waals surface area contributed by atoms with Crippen LogP contribution in [0, 0.1) is 18.8 Å². The Bertz CT molecular complexity index is 887. The number of hydrogen-bond acceptors (Lipinski definition) is 5. The van der Waals surface area contributed by atoms with E-state index in [1.165, 1.54) is 11.9 Å². The van der Waals surface area contributed by atoms with Crippen LogP contribution in [0.1, 0.15) is 38.5 Å². The average molecular weight is 393 g/mol. The Morgan fingerprint density at radius 2 is 1.76 bits per heavy atom. The van der Waals surface area contributed by atoms with Crippen LogP contribution in [0.3, 0.4) is 0 Å². The summed E-state index contributed by atoms with van der Waals surface area (Å²) in [6.45, 7) is 6.28. The van der Waals surface area contributed by atoms with Crippen LogP contribution in [-0.4, -0.2) is 64.3 Å². The molecule has 2 atom stereocenters. The van der Waals surface area contributed by atoms with Crippen molar-refractivity contribution in [2.75, 3.05) is 32.7 Å². The summed E-state index contributed by atoms with van der Waals surface area (Å²) >= 11 is 0. The van der Waals surface area contributed by atoms with E-state index in [4.69, 9.17) is 5.73 Å². The summed E-state index contributed by atoms with van der Waals surface area (Å²) in [5.41, 5.74) is 7.56. The van der Waals surface area contributed by atoms with Gasteiger partial charge in [0.05, 0.1) is 11.3 Å². The lowest BCUT2D eigenvalue weighted by molar-refractivity contribution is 0.0766. The second-order valence-corrected chi connectivity index (χ2v) is 8.13. The molecule has 29 heavy (non-hydrogen) atoms. The fourth-order valence-corrected chi connectivity index (χ4v) is 4.66. The molecule has 1 aromatic heterocycles. The molecule has 2 aliphatic rings. The minimum Gasteiger partial charge on any atom is -0.364 e. The lowest BCUT2D eigenvalue weighted by atomic mass is 10.0. The lowest BCUT2D eigenvalue weighted by Crippen LogP contribution is -2.35. The molecule has 2 saturated heterocycles. The minimum absolute atomic E-state index is 0.0158. The zero-order valence-corrected chi connectivity index (χ0v) is 16.8. The number of carbonyl (C=O) groups is 2. The molecule has 4 rings (SSSR count). The number of hydrogen-bond donors (Lipinski definition) is 1. The maximum Gasteiger partial charge on any atom is 0.268 e. The van der Waals surface area contributed by atoms with Gasteiger partial charge >= 0.3 is 0 Å². The summed E-state index contributed by atoms with van der Waals surface area (Å²) in [6, 6.07) is 10.6. The molecule has 3 heterocycles. The van der Waals surface area contributed by atoms with Crippen LogP contribution in [0.2, 0.25) is 0 Å². The number of amides is 2. The summed E-state index contributed by atoms with van der Waals surface area (Å²) in [7, 11) is 0. The van der Waals surface area contributed by atoms with Gasteiger partial charge in [-0.1, -0.05) is 30.3 Å². The van der Waals surface area contributed by atoms with Gasteiger partial charge in [-0.2, -0.15) is 0 Å². The van der Waals surface area contributed by atoms with Gasteiger partial charge in [0, 0.05) is 26.2 Å². The van der Waals surface area contributed by atoms with E-state index < -0.39 is 5.91 Å². The lowest BCUT2D eigenvalue weighted by Gasteiger charge is -2.22. The highest BCUT2D eigenvalue weighted by Crippen LogP contribution is 2.32. The van der Waals surface area contributed by atoms with E-state index in [0.717, 1.165) is 32.5 Å². The van der Waals surface area contributed by atoms with Crippen molar-refractivity contribution in [2.24, 2.45) is 17.6 Å². The molecule has 0 spiro atoms. The van der Waals surface area contributed by atoms with Gasteiger partial charge in [-0.3, -0.25) is 9.59 Å². The van der Waals surface area contributed by atoms with E-state index in [9.17, 15) is 9.59 Å². The van der Waals surface area contributed by atoms with Gasteiger partial charge in [0.1, 0.15) is 12.0 Å². The van der Waals surface area contributed by atoms with Crippen molar-refractivity contribution in [1.29, 1.82) is 0 Å². The van der Waals surface area contributed by atoms with Crippen molar-refractivity contribution in [3.05, 3.63) is 59.2 Å². The first-order chi connectivity index (χ1) is 14.0. The highest BCUT2D eigenvalue weighted by Gasteiger charge is 2.42. The molecular formula is C22H27N5O2. The first-order valence-corrected chi connectivity index (χ1v) is 10.2. The van der Waals surface area contributed by atoms with E-state index >= 15 is 0 Å². The zero-order chi connectivity index (χ0) is 20.4. The molecule has 1 aromatic carbocycles. The van der Waals surface area contributed by atoms with E-state index in [1.54, 1.807) is 6.92 Å². The van der Waals surface area contributed by atoms with Crippen molar-refractivity contribution < 1.29 is 9.59 Å². The molecule has 0 aliphatic carbocycles. The largest absolute Gasteiger partial charge is 0.364 e. The second kappa shape index (κ2) is 8.29. The first-order valence-electron chi connectivity index (χ1n) is 10.2. The van der Waals surface area contributed by atoms with Crippen molar-refractivity contribution in [1.82, 2.24) is 19.8 Å². The van der Waals surface area contributed by atoms with Crippen LogP contribution in [-0.2, 0) is 6.42 Å².